The Labute approximate surface area is 197 Å². The molecule has 3 N–H and O–H groups in total. The number of hydrogen-bond donors (Lipinski definition) is 4. The predicted molar refractivity (Wildman–Crippen MR) is 124 cm³/mol. The van der Waals surface area contributed by atoms with Crippen LogP contribution in [0.25, 0.3) is 0 Å². The molecule has 0 aromatic rings. The quantitative estimate of drug-likeness (QED) is 0.0904. The van der Waals surface area contributed by atoms with Crippen molar-refractivity contribution in [3.63, 3.8) is 0 Å². The van der Waals surface area contributed by atoms with Gasteiger partial charge in [-0.1, -0.05) is 38.0 Å². The molecular weight excluding hydrogens is 454 g/mol. The van der Waals surface area contributed by atoms with Gasteiger partial charge in [0.1, 0.15) is 25.9 Å². The lowest BCUT2D eigenvalue weighted by molar-refractivity contribution is -0.125. The normalized spacial score (nSPS) is 16.6. The van der Waals surface area contributed by atoms with Crippen molar-refractivity contribution < 1.29 is 33.4 Å². The Bertz CT molecular complexity index is 746. The van der Waals surface area contributed by atoms with Crippen molar-refractivity contribution in [2.45, 2.75) is 17.7 Å². The molecule has 2 atom stereocenters. The number of ether oxygens (including phenoxy) is 3. The Kier molecular flexibility index (Phi) is 12.8. The largest absolute Gasteiger partial charge is 0.445 e. The minimum atomic E-state index is -0.874. The fraction of sp³-hybridized carbons (Fsp3) is 0.450. The van der Waals surface area contributed by atoms with E-state index in [1.54, 1.807) is 0 Å². The standard InChI is InChI=1S/C20H29N5O7S/c1-4-9-30-18(27)23-17(24-19(28)31-10-5-2)22-8-7-21-16(26)15-12-14(33)13-25(15)20(29)32-11-6-3/h4-6,14-15,33H,1-3,7-13H2,(H,21,26)(H2,22,23,24,27,28)/t14-,15-/m0/s1. The molecule has 4 amide bonds. The Hall–Kier alpha value is -3.48. The number of rotatable bonds is 10. The summed E-state index contributed by atoms with van der Waals surface area (Å²) in [6, 6.07) is -0.743. The first-order chi connectivity index (χ1) is 15.8. The number of nitrogens with one attached hydrogen (secondary N) is 3. The molecule has 0 aromatic carbocycles. The molecule has 0 unspecified atom stereocenters. The summed E-state index contributed by atoms with van der Waals surface area (Å²) >= 11 is 4.35. The third-order valence-electron chi connectivity index (χ3n) is 3.93. The Morgan fingerprint density at radius 1 is 0.970 bits per heavy atom. The molecule has 1 aliphatic heterocycles. The van der Waals surface area contributed by atoms with Gasteiger partial charge in [-0.05, 0) is 6.42 Å². The zero-order valence-electron chi connectivity index (χ0n) is 18.2. The van der Waals surface area contributed by atoms with Crippen LogP contribution in [0.4, 0.5) is 14.4 Å². The van der Waals surface area contributed by atoms with Gasteiger partial charge in [0.05, 0.1) is 6.54 Å². The molecule has 0 saturated carbocycles. The number of nitrogens with zero attached hydrogens (tertiary/aromatic N) is 2. The maximum atomic E-state index is 12.6. The SMILES string of the molecule is C=CCOC(=O)NC(=NCCNC(=O)[C@@H]1C[C@H](S)CN1C(=O)OCC=C)NC(=O)OCC=C. The summed E-state index contributed by atoms with van der Waals surface area (Å²) in [6.07, 6.45) is 2.15. The molecule has 1 heterocycles. The highest BCUT2D eigenvalue weighted by molar-refractivity contribution is 7.81. The van der Waals surface area contributed by atoms with E-state index in [9.17, 15) is 19.2 Å². The Morgan fingerprint density at radius 2 is 1.52 bits per heavy atom. The zero-order valence-corrected chi connectivity index (χ0v) is 19.1. The van der Waals surface area contributed by atoms with Crippen LogP contribution in [0.5, 0.6) is 0 Å². The summed E-state index contributed by atoms with van der Waals surface area (Å²) in [4.78, 5) is 53.5. The molecule has 0 aromatic heterocycles. The first-order valence-corrected chi connectivity index (χ1v) is 10.5. The highest BCUT2D eigenvalue weighted by Crippen LogP contribution is 2.22. The third-order valence-corrected chi connectivity index (χ3v) is 4.30. The van der Waals surface area contributed by atoms with Crippen molar-refractivity contribution >= 4 is 42.8 Å². The molecule has 0 aliphatic carbocycles. The van der Waals surface area contributed by atoms with Gasteiger partial charge in [-0.3, -0.25) is 25.3 Å². The van der Waals surface area contributed by atoms with Gasteiger partial charge in [0, 0.05) is 18.3 Å². The van der Waals surface area contributed by atoms with Crippen molar-refractivity contribution in [3.05, 3.63) is 38.0 Å². The maximum Gasteiger partial charge on any atom is 0.414 e. The van der Waals surface area contributed by atoms with Gasteiger partial charge in [-0.2, -0.15) is 12.6 Å². The molecule has 13 heteroatoms. The number of hydrogen-bond acceptors (Lipinski definition) is 9. The van der Waals surface area contributed by atoms with Crippen molar-refractivity contribution in [1.82, 2.24) is 20.9 Å². The smallest absolute Gasteiger partial charge is 0.414 e. The van der Waals surface area contributed by atoms with E-state index in [2.05, 4.69) is 53.3 Å². The molecule has 1 fully saturated rings. The van der Waals surface area contributed by atoms with E-state index in [1.165, 1.54) is 23.1 Å². The van der Waals surface area contributed by atoms with Crippen molar-refractivity contribution in [2.24, 2.45) is 4.99 Å². The van der Waals surface area contributed by atoms with Gasteiger partial charge in [-0.25, -0.2) is 14.4 Å². The number of amides is 4. The van der Waals surface area contributed by atoms with E-state index in [0.717, 1.165) is 0 Å². The van der Waals surface area contributed by atoms with Crippen LogP contribution in [0.15, 0.2) is 43.0 Å². The van der Waals surface area contributed by atoms with Crippen LogP contribution < -0.4 is 16.0 Å². The summed E-state index contributed by atoms with van der Waals surface area (Å²) < 4.78 is 14.6. The van der Waals surface area contributed by atoms with Crippen LogP contribution in [0.1, 0.15) is 6.42 Å². The lowest BCUT2D eigenvalue weighted by atomic mass is 10.2. The second kappa shape index (κ2) is 15.3. The van der Waals surface area contributed by atoms with Gasteiger partial charge in [0.2, 0.25) is 11.9 Å². The number of carbonyl (C=O) groups is 4. The molecule has 0 radical (unpaired) electrons. The monoisotopic (exact) mass is 483 g/mol. The highest BCUT2D eigenvalue weighted by atomic mass is 32.1. The second-order valence-electron chi connectivity index (χ2n) is 6.47. The molecule has 33 heavy (non-hydrogen) atoms. The molecule has 0 spiro atoms. The van der Waals surface area contributed by atoms with Gasteiger partial charge >= 0.3 is 18.3 Å². The van der Waals surface area contributed by atoms with Gasteiger partial charge < -0.3 is 19.5 Å². The third kappa shape index (κ3) is 10.6. The van der Waals surface area contributed by atoms with Crippen LogP contribution >= 0.6 is 12.6 Å². The second-order valence-corrected chi connectivity index (χ2v) is 7.20. The molecule has 1 aliphatic rings. The molecule has 12 nitrogen and oxygen atoms in total. The van der Waals surface area contributed by atoms with Gasteiger partial charge in [-0.15, -0.1) is 0 Å². The van der Waals surface area contributed by atoms with Crippen molar-refractivity contribution in [3.8, 4) is 0 Å². The molecular formula is C20H29N5O7S. The topological polar surface area (TPSA) is 148 Å². The van der Waals surface area contributed by atoms with Crippen LogP contribution in [-0.2, 0) is 19.0 Å². The Balaban J connectivity index is 2.66. The lowest BCUT2D eigenvalue weighted by Gasteiger charge is -2.22. The number of likely N-dealkylation sites (tertiary alicyclic amines) is 1. The van der Waals surface area contributed by atoms with Gasteiger partial charge in [0.25, 0.3) is 0 Å². The van der Waals surface area contributed by atoms with Crippen LogP contribution in [0.2, 0.25) is 0 Å². The van der Waals surface area contributed by atoms with Crippen LogP contribution in [-0.4, -0.2) is 85.8 Å². The maximum absolute atomic E-state index is 12.6. The predicted octanol–water partition coefficient (Wildman–Crippen LogP) is 0.978. The lowest BCUT2D eigenvalue weighted by Crippen LogP contribution is -2.47. The summed E-state index contributed by atoms with van der Waals surface area (Å²) in [5.74, 6) is -0.645. The fourth-order valence-electron chi connectivity index (χ4n) is 2.59. The first-order valence-electron chi connectivity index (χ1n) is 9.96. The number of thiol groups is 1. The number of guanidine groups is 1. The zero-order chi connectivity index (χ0) is 24.6. The summed E-state index contributed by atoms with van der Waals surface area (Å²) in [6.45, 7) is 10.6. The minimum Gasteiger partial charge on any atom is -0.445 e. The van der Waals surface area contributed by atoms with Crippen LogP contribution in [0.3, 0.4) is 0 Å². The van der Waals surface area contributed by atoms with E-state index >= 15 is 0 Å². The van der Waals surface area contributed by atoms with Gasteiger partial charge in [0.15, 0.2) is 0 Å². The average molecular weight is 484 g/mol. The summed E-state index contributed by atoms with van der Waals surface area (Å²) in [5, 5.41) is 6.99. The number of alkyl carbamates (subject to hydrolysis) is 2. The van der Waals surface area contributed by atoms with Crippen molar-refractivity contribution in [1.29, 1.82) is 0 Å². The first kappa shape index (κ1) is 27.6. The minimum absolute atomic E-state index is 0.0114. The molecule has 0 bridgehead atoms. The average Bonchev–Trinajstić information content (AvgIpc) is 3.19. The van der Waals surface area contributed by atoms with E-state index in [1.807, 2.05) is 0 Å². The van der Waals surface area contributed by atoms with E-state index in [-0.39, 0.29) is 50.7 Å². The molecule has 182 valence electrons. The number of carbonyl (C=O) groups excluding carboxylic acids is 4. The molecule has 1 rings (SSSR count). The van der Waals surface area contributed by atoms with E-state index < -0.39 is 30.2 Å². The summed E-state index contributed by atoms with van der Waals surface area (Å²) in [5.41, 5.74) is 0. The van der Waals surface area contributed by atoms with Crippen molar-refractivity contribution in [2.75, 3.05) is 39.5 Å². The Morgan fingerprint density at radius 3 is 2.06 bits per heavy atom. The highest BCUT2D eigenvalue weighted by Gasteiger charge is 2.39. The van der Waals surface area contributed by atoms with Crippen LogP contribution in [0, 0.1) is 0 Å². The fourth-order valence-corrected chi connectivity index (χ4v) is 2.96. The van der Waals surface area contributed by atoms with E-state index in [0.29, 0.717) is 6.42 Å². The van der Waals surface area contributed by atoms with E-state index in [4.69, 9.17) is 14.2 Å². The number of aliphatic imine (C=N–C) groups is 1. The molecule has 1 saturated heterocycles. The summed E-state index contributed by atoms with van der Waals surface area (Å²) in [7, 11) is 0.